The second-order valence-electron chi connectivity index (χ2n) is 5.51. The number of hydrogen-bond acceptors (Lipinski definition) is 4. The van der Waals surface area contributed by atoms with E-state index in [1.807, 2.05) is 13.8 Å². The molecule has 0 atom stereocenters. The topological polar surface area (TPSA) is 59.5 Å². The molecule has 1 heterocycles. The summed E-state index contributed by atoms with van der Waals surface area (Å²) in [6, 6.07) is 3.54. The number of hydrogen-bond donors (Lipinski definition) is 0. The van der Waals surface area contributed by atoms with Gasteiger partial charge in [0.1, 0.15) is 0 Å². The molecule has 0 spiro atoms. The Hall–Kier alpha value is -1.62. The first-order valence-electron chi connectivity index (χ1n) is 9.01. The maximum atomic E-state index is 11.7. The van der Waals surface area contributed by atoms with Crippen molar-refractivity contribution in [1.82, 2.24) is 9.88 Å². The largest absolute Gasteiger partial charge is 0.449 e. The number of alkyl halides is 1. The number of carbonyl (C=O) groups excluding carboxylic acids is 2. The predicted molar refractivity (Wildman–Crippen MR) is 102 cm³/mol. The molecule has 5 nitrogen and oxygen atoms in total. The quantitative estimate of drug-likeness (QED) is 0.341. The lowest BCUT2D eigenvalue weighted by Gasteiger charge is -2.17. The lowest BCUT2D eigenvalue weighted by atomic mass is 10.1. The summed E-state index contributed by atoms with van der Waals surface area (Å²) in [5, 5.41) is 0. The molecule has 0 aliphatic rings. The molecule has 0 fully saturated rings. The van der Waals surface area contributed by atoms with Gasteiger partial charge in [0.05, 0.1) is 5.56 Å². The fourth-order valence-electron chi connectivity index (χ4n) is 2.19. The van der Waals surface area contributed by atoms with Gasteiger partial charge in [-0.3, -0.25) is 14.6 Å². The van der Waals surface area contributed by atoms with Gasteiger partial charge >= 0.3 is 5.97 Å². The van der Waals surface area contributed by atoms with Gasteiger partial charge in [-0.1, -0.05) is 44.2 Å². The number of pyridine rings is 1. The number of halogens is 1. The number of rotatable bonds is 10. The molecule has 1 aromatic heterocycles. The van der Waals surface area contributed by atoms with Gasteiger partial charge in [-0.2, -0.15) is 0 Å². The van der Waals surface area contributed by atoms with E-state index in [1.54, 1.807) is 29.4 Å². The minimum absolute atomic E-state index is 0.0200. The van der Waals surface area contributed by atoms with E-state index in [0.29, 0.717) is 12.0 Å². The summed E-state index contributed by atoms with van der Waals surface area (Å²) in [6.07, 6.45) is 9.51. The van der Waals surface area contributed by atoms with Crippen molar-refractivity contribution in [1.29, 1.82) is 0 Å². The van der Waals surface area contributed by atoms with E-state index in [-0.39, 0.29) is 17.9 Å². The fraction of sp³-hybridized carbons (Fsp3) is 0.632. The molecule has 6 heteroatoms. The van der Waals surface area contributed by atoms with Gasteiger partial charge in [-0.25, -0.2) is 0 Å². The number of carbonyl (C=O) groups is 2. The highest BCUT2D eigenvalue weighted by atomic mass is 35.5. The molecule has 1 amide bonds. The second kappa shape index (κ2) is 15.9. The first-order chi connectivity index (χ1) is 12.1. The van der Waals surface area contributed by atoms with Gasteiger partial charge in [-0.15, -0.1) is 0 Å². The minimum Gasteiger partial charge on any atom is -0.449 e. The highest BCUT2D eigenvalue weighted by molar-refractivity contribution is 6.17. The van der Waals surface area contributed by atoms with Gasteiger partial charge in [0.25, 0.3) is 5.91 Å². The average molecular weight is 371 g/mol. The van der Waals surface area contributed by atoms with Crippen molar-refractivity contribution in [3.05, 3.63) is 30.1 Å². The van der Waals surface area contributed by atoms with Crippen molar-refractivity contribution in [2.75, 3.05) is 19.2 Å². The summed E-state index contributed by atoms with van der Waals surface area (Å²) in [7, 11) is 0. The Bertz CT molecular complexity index is 465. The van der Waals surface area contributed by atoms with Crippen LogP contribution in [0.4, 0.5) is 0 Å². The summed E-state index contributed by atoms with van der Waals surface area (Å²) in [5.41, 5.74) is 0.659. The molecule has 1 aromatic rings. The maximum absolute atomic E-state index is 11.7. The summed E-state index contributed by atoms with van der Waals surface area (Å²) < 4.78 is 4.57. The average Bonchev–Trinajstić information content (AvgIpc) is 2.64. The van der Waals surface area contributed by atoms with Gasteiger partial charge < -0.3 is 9.64 Å². The third-order valence-corrected chi connectivity index (χ3v) is 3.77. The lowest BCUT2D eigenvalue weighted by molar-refractivity contribution is -0.141. The van der Waals surface area contributed by atoms with E-state index >= 15 is 0 Å². The SMILES string of the molecule is CCCCCCCC(=O)OCCl.CCN(CC)C(=O)c1cccnc1. The van der Waals surface area contributed by atoms with Crippen LogP contribution in [0.3, 0.4) is 0 Å². The minimum atomic E-state index is -0.179. The van der Waals surface area contributed by atoms with Crippen molar-refractivity contribution in [3.63, 3.8) is 0 Å². The third-order valence-electron chi connectivity index (χ3n) is 3.66. The van der Waals surface area contributed by atoms with E-state index < -0.39 is 0 Å². The Kier molecular flexibility index (Phi) is 14.9. The van der Waals surface area contributed by atoms with Crippen LogP contribution in [0.25, 0.3) is 0 Å². The van der Waals surface area contributed by atoms with Crippen molar-refractivity contribution < 1.29 is 14.3 Å². The first kappa shape index (κ1) is 23.4. The van der Waals surface area contributed by atoms with Crippen LogP contribution in [0.2, 0.25) is 0 Å². The number of nitrogens with zero attached hydrogens (tertiary/aromatic N) is 2. The van der Waals surface area contributed by atoms with Gasteiger partial charge in [0, 0.05) is 31.9 Å². The van der Waals surface area contributed by atoms with E-state index in [2.05, 4.69) is 16.6 Å². The molecule has 0 saturated heterocycles. The monoisotopic (exact) mass is 370 g/mol. The van der Waals surface area contributed by atoms with E-state index in [9.17, 15) is 9.59 Å². The normalized spacial score (nSPS) is 9.76. The van der Waals surface area contributed by atoms with E-state index in [1.165, 1.54) is 19.3 Å². The predicted octanol–water partition coefficient (Wildman–Crippen LogP) is 4.65. The fourth-order valence-corrected chi connectivity index (χ4v) is 2.31. The maximum Gasteiger partial charge on any atom is 0.306 e. The molecule has 0 radical (unpaired) electrons. The number of aromatic nitrogens is 1. The Morgan fingerprint density at radius 3 is 2.32 bits per heavy atom. The molecule has 0 N–H and O–H groups in total. The highest BCUT2D eigenvalue weighted by Gasteiger charge is 2.11. The summed E-state index contributed by atoms with van der Waals surface area (Å²) in [4.78, 5) is 28.1. The zero-order valence-electron chi connectivity index (χ0n) is 15.7. The summed E-state index contributed by atoms with van der Waals surface area (Å²) in [5.74, 6) is -0.125. The Labute approximate surface area is 156 Å². The van der Waals surface area contributed by atoms with Gasteiger partial charge in [0.2, 0.25) is 0 Å². The Morgan fingerprint density at radius 2 is 1.80 bits per heavy atom. The number of amides is 1. The van der Waals surface area contributed by atoms with Crippen molar-refractivity contribution in [2.24, 2.45) is 0 Å². The molecule has 25 heavy (non-hydrogen) atoms. The second-order valence-corrected chi connectivity index (χ2v) is 5.73. The molecule has 0 saturated carbocycles. The summed E-state index contributed by atoms with van der Waals surface area (Å²) >= 11 is 5.22. The Morgan fingerprint density at radius 1 is 1.12 bits per heavy atom. The van der Waals surface area contributed by atoms with Crippen LogP contribution in [-0.4, -0.2) is 40.9 Å². The standard InChI is InChI=1S/C10H14N2O.C9H17ClO2/c1-3-12(4-2)10(13)9-6-5-7-11-8-9;1-2-3-4-5-6-7-9(11)12-8-10/h5-8H,3-4H2,1-2H3;2-8H2,1H3. The lowest BCUT2D eigenvalue weighted by Crippen LogP contribution is -2.30. The molecule has 142 valence electrons. The van der Waals surface area contributed by atoms with Crippen molar-refractivity contribution >= 4 is 23.5 Å². The first-order valence-corrected chi connectivity index (χ1v) is 9.54. The zero-order chi connectivity index (χ0) is 18.9. The van der Waals surface area contributed by atoms with Crippen molar-refractivity contribution in [2.45, 2.75) is 59.3 Å². The van der Waals surface area contributed by atoms with Crippen LogP contribution in [-0.2, 0) is 9.53 Å². The van der Waals surface area contributed by atoms with E-state index in [4.69, 9.17) is 11.6 Å². The number of unbranched alkanes of at least 4 members (excludes halogenated alkanes) is 4. The van der Waals surface area contributed by atoms with Crippen LogP contribution < -0.4 is 0 Å². The van der Waals surface area contributed by atoms with Gasteiger partial charge in [-0.05, 0) is 32.4 Å². The van der Waals surface area contributed by atoms with Crippen LogP contribution in [0.1, 0.15) is 69.7 Å². The third kappa shape index (κ3) is 11.5. The molecular weight excluding hydrogens is 340 g/mol. The van der Waals surface area contributed by atoms with E-state index in [0.717, 1.165) is 25.9 Å². The summed E-state index contributed by atoms with van der Waals surface area (Å²) in [6.45, 7) is 7.59. The molecule has 0 bridgehead atoms. The molecule has 0 unspecified atom stereocenters. The number of esters is 1. The smallest absolute Gasteiger partial charge is 0.306 e. The number of ether oxygens (including phenoxy) is 1. The zero-order valence-corrected chi connectivity index (χ0v) is 16.4. The van der Waals surface area contributed by atoms with Gasteiger partial charge in [0.15, 0.2) is 6.07 Å². The van der Waals surface area contributed by atoms with Crippen LogP contribution in [0.5, 0.6) is 0 Å². The molecule has 0 aromatic carbocycles. The molecule has 1 rings (SSSR count). The van der Waals surface area contributed by atoms with Crippen LogP contribution in [0, 0.1) is 0 Å². The van der Waals surface area contributed by atoms with Crippen LogP contribution >= 0.6 is 11.6 Å². The van der Waals surface area contributed by atoms with Crippen molar-refractivity contribution in [3.8, 4) is 0 Å². The Balaban J connectivity index is 0.000000463. The molecule has 0 aliphatic carbocycles. The van der Waals surface area contributed by atoms with Crippen LogP contribution in [0.15, 0.2) is 24.5 Å². The molecule has 0 aliphatic heterocycles. The highest BCUT2D eigenvalue weighted by Crippen LogP contribution is 2.05. The molecular formula is C19H31ClN2O3.